The van der Waals surface area contributed by atoms with Gasteiger partial charge >= 0.3 is 0 Å². The minimum Gasteiger partial charge on any atom is -0.340 e. The van der Waals surface area contributed by atoms with Crippen molar-refractivity contribution < 1.29 is 4.79 Å². The van der Waals surface area contributed by atoms with Crippen LogP contribution in [-0.4, -0.2) is 60.0 Å². The summed E-state index contributed by atoms with van der Waals surface area (Å²) in [6.45, 7) is 4.08. The lowest BCUT2D eigenvalue weighted by Gasteiger charge is -2.29. The molecule has 0 bridgehead atoms. The van der Waals surface area contributed by atoms with Gasteiger partial charge in [-0.2, -0.15) is 0 Å². The van der Waals surface area contributed by atoms with Crippen molar-refractivity contribution in [3.8, 4) is 0 Å². The van der Waals surface area contributed by atoms with Crippen LogP contribution in [0.1, 0.15) is 39.0 Å². The molecule has 0 spiro atoms. The smallest absolute Gasteiger partial charge is 0.239 e. The zero-order chi connectivity index (χ0) is 12.7. The van der Waals surface area contributed by atoms with Crippen molar-refractivity contribution in [1.82, 2.24) is 15.1 Å². The van der Waals surface area contributed by atoms with E-state index in [9.17, 15) is 4.79 Å². The van der Waals surface area contributed by atoms with Crippen LogP contribution in [0.2, 0.25) is 0 Å². The molecule has 0 radical (unpaired) electrons. The maximum atomic E-state index is 12.3. The number of carbonyl (C=O) groups is 1. The van der Waals surface area contributed by atoms with E-state index in [0.29, 0.717) is 18.0 Å². The molecule has 0 aromatic rings. The van der Waals surface area contributed by atoms with Gasteiger partial charge in [0.2, 0.25) is 5.91 Å². The van der Waals surface area contributed by atoms with E-state index >= 15 is 0 Å². The van der Waals surface area contributed by atoms with Crippen LogP contribution in [-0.2, 0) is 4.79 Å². The molecule has 0 aromatic heterocycles. The van der Waals surface area contributed by atoms with Gasteiger partial charge in [0.25, 0.3) is 0 Å². The SMILES string of the molecule is CC(CN1CCC(NC2CC2)C1=O)N(C)C1CC1. The fraction of sp³-hybridized carbons (Fsp3) is 0.929. The normalized spacial score (nSPS) is 30.3. The molecule has 1 aliphatic heterocycles. The number of hydrogen-bond donors (Lipinski definition) is 1. The molecule has 1 saturated heterocycles. The highest BCUT2D eigenvalue weighted by Crippen LogP contribution is 2.28. The third-order valence-electron chi connectivity index (χ3n) is 4.61. The molecule has 3 rings (SSSR count). The highest BCUT2D eigenvalue weighted by Gasteiger charge is 2.37. The largest absolute Gasteiger partial charge is 0.340 e. The Morgan fingerprint density at radius 3 is 2.67 bits per heavy atom. The first-order valence-corrected chi connectivity index (χ1v) is 7.42. The molecule has 2 unspecified atom stereocenters. The van der Waals surface area contributed by atoms with E-state index in [0.717, 1.165) is 25.6 Å². The molecule has 2 aliphatic carbocycles. The summed E-state index contributed by atoms with van der Waals surface area (Å²) >= 11 is 0. The fourth-order valence-electron chi connectivity index (χ4n) is 2.90. The number of likely N-dealkylation sites (N-methyl/N-ethyl adjacent to an activating group) is 1. The summed E-state index contributed by atoms with van der Waals surface area (Å²) in [7, 11) is 2.20. The first-order chi connectivity index (χ1) is 8.65. The average molecular weight is 251 g/mol. The summed E-state index contributed by atoms with van der Waals surface area (Å²) in [5, 5.41) is 3.47. The maximum Gasteiger partial charge on any atom is 0.239 e. The number of rotatable bonds is 6. The van der Waals surface area contributed by atoms with E-state index in [-0.39, 0.29) is 6.04 Å². The van der Waals surface area contributed by atoms with Crippen molar-refractivity contribution in [3.05, 3.63) is 0 Å². The van der Waals surface area contributed by atoms with Crippen molar-refractivity contribution >= 4 is 5.91 Å². The second-order valence-corrected chi connectivity index (χ2v) is 6.31. The van der Waals surface area contributed by atoms with Gasteiger partial charge in [0.15, 0.2) is 0 Å². The molecule has 1 heterocycles. The Bertz CT molecular complexity index is 325. The Morgan fingerprint density at radius 1 is 1.33 bits per heavy atom. The number of hydrogen-bond acceptors (Lipinski definition) is 3. The molecule has 2 saturated carbocycles. The standard InChI is InChI=1S/C14H25N3O/c1-10(16(2)12-5-6-12)9-17-8-7-13(14(17)18)15-11-3-4-11/h10-13,15H,3-9H2,1-2H3. The van der Waals surface area contributed by atoms with Gasteiger partial charge in [-0.3, -0.25) is 9.69 Å². The van der Waals surface area contributed by atoms with Crippen LogP contribution < -0.4 is 5.32 Å². The second-order valence-electron chi connectivity index (χ2n) is 6.31. The minimum atomic E-state index is 0.107. The first-order valence-electron chi connectivity index (χ1n) is 7.42. The van der Waals surface area contributed by atoms with Crippen LogP contribution in [0.3, 0.4) is 0 Å². The third kappa shape index (κ3) is 2.69. The lowest BCUT2D eigenvalue weighted by atomic mass is 10.2. The fourth-order valence-corrected chi connectivity index (χ4v) is 2.90. The van der Waals surface area contributed by atoms with Crippen molar-refractivity contribution in [2.75, 3.05) is 20.1 Å². The molecule has 4 heteroatoms. The number of nitrogens with one attached hydrogen (secondary N) is 1. The summed E-state index contributed by atoms with van der Waals surface area (Å²) in [5.41, 5.74) is 0. The van der Waals surface area contributed by atoms with Crippen LogP contribution in [0, 0.1) is 0 Å². The highest BCUT2D eigenvalue weighted by atomic mass is 16.2. The van der Waals surface area contributed by atoms with Crippen LogP contribution in [0.4, 0.5) is 0 Å². The number of nitrogens with zero attached hydrogens (tertiary/aromatic N) is 2. The second kappa shape index (κ2) is 4.82. The topological polar surface area (TPSA) is 35.6 Å². The minimum absolute atomic E-state index is 0.107. The Hall–Kier alpha value is -0.610. The van der Waals surface area contributed by atoms with E-state index in [1.165, 1.54) is 25.7 Å². The van der Waals surface area contributed by atoms with Crippen LogP contribution in [0.25, 0.3) is 0 Å². The van der Waals surface area contributed by atoms with Crippen LogP contribution in [0.5, 0.6) is 0 Å². The quantitative estimate of drug-likeness (QED) is 0.759. The Balaban J connectivity index is 1.48. The van der Waals surface area contributed by atoms with E-state index in [2.05, 4.69) is 29.1 Å². The van der Waals surface area contributed by atoms with E-state index < -0.39 is 0 Å². The van der Waals surface area contributed by atoms with Crippen LogP contribution in [0.15, 0.2) is 0 Å². The molecule has 0 aromatic carbocycles. The van der Waals surface area contributed by atoms with Gasteiger partial charge in [-0.05, 0) is 46.1 Å². The Labute approximate surface area is 110 Å². The van der Waals surface area contributed by atoms with Gasteiger partial charge in [0.1, 0.15) is 0 Å². The van der Waals surface area contributed by atoms with Crippen molar-refractivity contribution in [3.63, 3.8) is 0 Å². The molecule has 2 atom stereocenters. The number of carbonyl (C=O) groups excluding carboxylic acids is 1. The molecular weight excluding hydrogens is 226 g/mol. The zero-order valence-electron chi connectivity index (χ0n) is 11.6. The molecule has 102 valence electrons. The summed E-state index contributed by atoms with van der Waals surface area (Å²) in [5.74, 6) is 0.331. The van der Waals surface area contributed by atoms with Crippen molar-refractivity contribution in [2.24, 2.45) is 0 Å². The van der Waals surface area contributed by atoms with Gasteiger partial charge < -0.3 is 10.2 Å². The van der Waals surface area contributed by atoms with Gasteiger partial charge in [-0.1, -0.05) is 0 Å². The molecule has 3 aliphatic rings. The lowest BCUT2D eigenvalue weighted by molar-refractivity contribution is -0.130. The predicted octanol–water partition coefficient (Wildman–Crippen LogP) is 0.822. The lowest BCUT2D eigenvalue weighted by Crippen LogP contribution is -2.45. The van der Waals surface area contributed by atoms with Crippen molar-refractivity contribution in [1.29, 1.82) is 0 Å². The molecule has 1 amide bonds. The highest BCUT2D eigenvalue weighted by molar-refractivity contribution is 5.84. The summed E-state index contributed by atoms with van der Waals surface area (Å²) in [6.07, 6.45) is 6.17. The molecule has 1 N–H and O–H groups in total. The first kappa shape index (κ1) is 12.4. The van der Waals surface area contributed by atoms with Crippen LogP contribution >= 0.6 is 0 Å². The monoisotopic (exact) mass is 251 g/mol. The summed E-state index contributed by atoms with van der Waals surface area (Å²) in [4.78, 5) is 16.8. The predicted molar refractivity (Wildman–Crippen MR) is 71.4 cm³/mol. The number of amides is 1. The summed E-state index contributed by atoms with van der Waals surface area (Å²) < 4.78 is 0. The molecule has 18 heavy (non-hydrogen) atoms. The van der Waals surface area contributed by atoms with E-state index in [1.807, 2.05) is 0 Å². The van der Waals surface area contributed by atoms with Gasteiger partial charge in [-0.25, -0.2) is 0 Å². The maximum absolute atomic E-state index is 12.3. The Morgan fingerprint density at radius 2 is 2.06 bits per heavy atom. The molecule has 3 fully saturated rings. The average Bonchev–Trinajstić information content (AvgIpc) is 3.24. The van der Waals surface area contributed by atoms with Gasteiger partial charge in [0, 0.05) is 31.2 Å². The zero-order valence-corrected chi connectivity index (χ0v) is 11.6. The third-order valence-corrected chi connectivity index (χ3v) is 4.61. The van der Waals surface area contributed by atoms with Gasteiger partial charge in [-0.15, -0.1) is 0 Å². The van der Waals surface area contributed by atoms with Crippen molar-refractivity contribution in [2.45, 2.75) is 63.2 Å². The molecular formula is C14H25N3O. The van der Waals surface area contributed by atoms with E-state index in [1.54, 1.807) is 0 Å². The Kier molecular flexibility index (Phi) is 3.32. The molecule has 4 nitrogen and oxygen atoms in total. The van der Waals surface area contributed by atoms with Gasteiger partial charge in [0.05, 0.1) is 6.04 Å². The number of likely N-dealkylation sites (tertiary alicyclic amines) is 1. The van der Waals surface area contributed by atoms with E-state index in [4.69, 9.17) is 0 Å². The summed E-state index contributed by atoms with van der Waals surface area (Å²) in [6, 6.07) is 2.00.